The largest absolute Gasteiger partial charge is 0.461 e. The van der Waals surface area contributed by atoms with Crippen LogP contribution in [0.2, 0.25) is 5.28 Å². The van der Waals surface area contributed by atoms with Crippen LogP contribution in [0, 0.1) is 0 Å². The minimum atomic E-state index is -4.49. The van der Waals surface area contributed by atoms with Crippen molar-refractivity contribution in [2.75, 3.05) is 12.3 Å². The van der Waals surface area contributed by atoms with Crippen LogP contribution in [0.1, 0.15) is 43.9 Å². The summed E-state index contributed by atoms with van der Waals surface area (Å²) >= 11 is 6.40. The molecule has 14 nitrogen and oxygen atoms in total. The van der Waals surface area contributed by atoms with Gasteiger partial charge in [-0.3, -0.25) is 13.9 Å². The zero-order chi connectivity index (χ0) is 35.5. The zero-order valence-electron chi connectivity index (χ0n) is 27.5. The van der Waals surface area contributed by atoms with Gasteiger partial charge in [0.2, 0.25) is 5.28 Å². The molecule has 6 atom stereocenters. The standard InChI is InChI=1S/C35H38ClN6O8P/c36-35-40-28-31(37)38-20-39-32(28)42(35)33-30(44)29(43)27(49-33)19-47-51(46,50-26-17-9-13-22-12-7-8-16-24(22)26)41-25(18-21-10-3-1-4-11-21)34(45)48-23-14-5-2-6-15-23/h1,3-4,7-13,16-17,20,23,25,27,29-30,33,43-44H,2,5-6,14-15,18-19H2,(H,41,46)(H2,37,38,39)/t25-,27+,29-,30?,33+,51?/m0/s1. The number of nitrogens with one attached hydrogen (secondary N) is 1. The van der Waals surface area contributed by atoms with Gasteiger partial charge in [0.25, 0.3) is 0 Å². The van der Waals surface area contributed by atoms with Crippen LogP contribution in [-0.4, -0.2) is 72.8 Å². The quantitative estimate of drug-likeness (QED) is 0.0751. The fourth-order valence-electron chi connectivity index (χ4n) is 6.52. The smallest absolute Gasteiger partial charge is 0.459 e. The maximum atomic E-state index is 14.9. The van der Waals surface area contributed by atoms with Gasteiger partial charge in [-0.1, -0.05) is 73.2 Å². The minimum absolute atomic E-state index is 0.0678. The van der Waals surface area contributed by atoms with Crippen LogP contribution in [0.4, 0.5) is 5.82 Å². The third-order valence-corrected chi connectivity index (χ3v) is 11.0. The Balaban J connectivity index is 1.18. The summed E-state index contributed by atoms with van der Waals surface area (Å²) < 4.78 is 40.4. The molecule has 7 rings (SSSR count). The number of hydrogen-bond acceptors (Lipinski definition) is 12. The number of benzene rings is 3. The Morgan fingerprint density at radius 3 is 2.57 bits per heavy atom. The topological polar surface area (TPSA) is 193 Å². The lowest BCUT2D eigenvalue weighted by Gasteiger charge is -2.28. The Labute approximate surface area is 298 Å². The summed E-state index contributed by atoms with van der Waals surface area (Å²) in [5, 5.41) is 26.4. The summed E-state index contributed by atoms with van der Waals surface area (Å²) in [6.45, 7) is -0.527. The number of rotatable bonds is 12. The van der Waals surface area contributed by atoms with E-state index >= 15 is 0 Å². The normalized spacial score (nSPS) is 22.9. The summed E-state index contributed by atoms with van der Waals surface area (Å²) in [6, 6.07) is 20.8. The number of imidazole rings is 1. The Bertz CT molecular complexity index is 2040. The van der Waals surface area contributed by atoms with Gasteiger partial charge >= 0.3 is 13.7 Å². The average Bonchev–Trinajstić information content (AvgIpc) is 3.62. The molecule has 3 aromatic carbocycles. The molecule has 2 aromatic heterocycles. The van der Waals surface area contributed by atoms with E-state index in [0.717, 1.165) is 43.1 Å². The molecule has 1 aliphatic carbocycles. The highest BCUT2D eigenvalue weighted by Crippen LogP contribution is 2.48. The highest BCUT2D eigenvalue weighted by Gasteiger charge is 2.47. The predicted molar refractivity (Wildman–Crippen MR) is 189 cm³/mol. The number of esters is 1. The van der Waals surface area contributed by atoms with Crippen LogP contribution in [-0.2, 0) is 29.8 Å². The van der Waals surface area contributed by atoms with Crippen LogP contribution in [0.25, 0.3) is 21.9 Å². The number of anilines is 1. The van der Waals surface area contributed by atoms with Gasteiger partial charge in [-0.05, 0) is 60.7 Å². The molecular weight excluding hydrogens is 699 g/mol. The zero-order valence-corrected chi connectivity index (χ0v) is 29.1. The molecule has 268 valence electrons. The van der Waals surface area contributed by atoms with Gasteiger partial charge in [0.05, 0.1) is 6.61 Å². The van der Waals surface area contributed by atoms with E-state index < -0.39 is 50.9 Å². The third-order valence-electron chi connectivity index (χ3n) is 9.15. The van der Waals surface area contributed by atoms with E-state index in [4.69, 9.17) is 35.9 Å². The maximum Gasteiger partial charge on any atom is 0.459 e. The molecule has 1 saturated heterocycles. The van der Waals surface area contributed by atoms with Gasteiger partial charge in [0.1, 0.15) is 42.5 Å². The molecule has 2 unspecified atom stereocenters. The summed E-state index contributed by atoms with van der Waals surface area (Å²) in [4.78, 5) is 26.1. The number of halogens is 1. The summed E-state index contributed by atoms with van der Waals surface area (Å²) in [7, 11) is -4.49. The second-order valence-corrected chi connectivity index (χ2v) is 14.7. The molecule has 5 N–H and O–H groups in total. The lowest BCUT2D eigenvalue weighted by Crippen LogP contribution is -2.42. The minimum Gasteiger partial charge on any atom is -0.461 e. The fourth-order valence-corrected chi connectivity index (χ4v) is 8.30. The number of aliphatic hydroxyl groups is 2. The van der Waals surface area contributed by atoms with Crippen LogP contribution in [0.5, 0.6) is 5.75 Å². The first kappa shape index (κ1) is 35.3. The van der Waals surface area contributed by atoms with Gasteiger partial charge in [0, 0.05) is 5.39 Å². The monoisotopic (exact) mass is 736 g/mol. The maximum absolute atomic E-state index is 14.9. The van der Waals surface area contributed by atoms with Crippen molar-refractivity contribution in [3.05, 3.63) is 90.0 Å². The van der Waals surface area contributed by atoms with Crippen molar-refractivity contribution in [1.29, 1.82) is 0 Å². The Kier molecular flexibility index (Phi) is 10.5. The third kappa shape index (κ3) is 7.73. The Hall–Kier alpha value is -4.14. The highest BCUT2D eigenvalue weighted by molar-refractivity contribution is 7.52. The molecule has 0 radical (unpaired) electrons. The lowest BCUT2D eigenvalue weighted by molar-refractivity contribution is -0.152. The first-order valence-corrected chi connectivity index (χ1v) is 18.7. The Morgan fingerprint density at radius 1 is 1.02 bits per heavy atom. The van der Waals surface area contributed by atoms with Crippen LogP contribution in [0.3, 0.4) is 0 Å². The fraction of sp³-hybridized carbons (Fsp3) is 0.371. The molecule has 0 amide bonds. The number of nitrogen functional groups attached to an aromatic ring is 1. The van der Waals surface area contributed by atoms with E-state index in [1.54, 1.807) is 12.1 Å². The molecule has 1 aliphatic heterocycles. The van der Waals surface area contributed by atoms with Crippen molar-refractivity contribution < 1.29 is 38.1 Å². The van der Waals surface area contributed by atoms with E-state index in [9.17, 15) is 19.6 Å². The first-order chi connectivity index (χ1) is 24.7. The highest BCUT2D eigenvalue weighted by atomic mass is 35.5. The van der Waals surface area contributed by atoms with Crippen molar-refractivity contribution in [1.82, 2.24) is 24.6 Å². The van der Waals surface area contributed by atoms with E-state index in [1.807, 2.05) is 60.7 Å². The van der Waals surface area contributed by atoms with Crippen LogP contribution >= 0.6 is 19.3 Å². The van der Waals surface area contributed by atoms with Crippen LogP contribution in [0.15, 0.2) is 79.1 Å². The van der Waals surface area contributed by atoms with E-state index in [2.05, 4.69) is 20.0 Å². The van der Waals surface area contributed by atoms with Crippen molar-refractivity contribution >= 4 is 53.1 Å². The molecule has 1 saturated carbocycles. The molecule has 5 aromatic rings. The van der Waals surface area contributed by atoms with Crippen molar-refractivity contribution in [2.24, 2.45) is 0 Å². The van der Waals surface area contributed by atoms with Crippen molar-refractivity contribution in [3.8, 4) is 5.75 Å². The summed E-state index contributed by atoms with van der Waals surface area (Å²) in [6.07, 6.45) is 0.0385. The molecule has 0 spiro atoms. The molecular formula is C35H38ClN6O8P. The number of aliphatic hydroxyl groups excluding tert-OH is 2. The molecule has 51 heavy (non-hydrogen) atoms. The van der Waals surface area contributed by atoms with Gasteiger partial charge in [-0.25, -0.2) is 19.5 Å². The van der Waals surface area contributed by atoms with Gasteiger partial charge in [0.15, 0.2) is 23.2 Å². The number of nitrogens with zero attached hydrogens (tertiary/aromatic N) is 4. The number of carbonyl (C=O) groups excluding carboxylic acids is 1. The first-order valence-electron chi connectivity index (χ1n) is 16.8. The molecule has 3 heterocycles. The number of nitrogens with two attached hydrogens (primary N) is 1. The second-order valence-electron chi connectivity index (χ2n) is 12.7. The number of fused-ring (bicyclic) bond motifs is 2. The SMILES string of the molecule is Nc1ncnc2c1nc(Cl)n2[C@@H]1O[C@H](COP(=O)(N[C@@H](Cc2ccccc2)C(=O)OC2CCCCC2)Oc2cccc3ccccc23)[C@H](O)C1O. The lowest BCUT2D eigenvalue weighted by atomic mass is 9.97. The number of ether oxygens (including phenoxy) is 2. The molecule has 2 aliphatic rings. The van der Waals surface area contributed by atoms with Gasteiger partial charge in [-0.2, -0.15) is 5.09 Å². The summed E-state index contributed by atoms with van der Waals surface area (Å²) in [5.74, 6) is -0.285. The molecule has 16 heteroatoms. The average molecular weight is 737 g/mol. The van der Waals surface area contributed by atoms with Crippen LogP contribution < -0.4 is 15.3 Å². The second kappa shape index (κ2) is 15.2. The number of carbonyl (C=O) groups is 1. The van der Waals surface area contributed by atoms with E-state index in [1.165, 1.54) is 10.9 Å². The predicted octanol–water partition coefficient (Wildman–Crippen LogP) is 5.11. The van der Waals surface area contributed by atoms with Crippen molar-refractivity contribution in [3.63, 3.8) is 0 Å². The van der Waals surface area contributed by atoms with E-state index in [0.29, 0.717) is 5.39 Å². The molecule has 2 fully saturated rings. The summed E-state index contributed by atoms with van der Waals surface area (Å²) in [5.41, 5.74) is 7.10. The number of aromatic nitrogens is 4. The van der Waals surface area contributed by atoms with Gasteiger partial charge < -0.3 is 29.9 Å². The van der Waals surface area contributed by atoms with Gasteiger partial charge in [-0.15, -0.1) is 0 Å². The van der Waals surface area contributed by atoms with Crippen molar-refractivity contribution in [2.45, 2.75) is 75.2 Å². The Morgan fingerprint density at radius 2 is 1.76 bits per heavy atom. The number of hydrogen-bond donors (Lipinski definition) is 4. The molecule has 0 bridgehead atoms. The van der Waals surface area contributed by atoms with E-state index in [-0.39, 0.29) is 40.5 Å².